The predicted octanol–water partition coefficient (Wildman–Crippen LogP) is 1.30. The van der Waals surface area contributed by atoms with E-state index in [4.69, 9.17) is 9.88 Å². The van der Waals surface area contributed by atoms with Crippen LogP contribution in [0.3, 0.4) is 0 Å². The monoisotopic (exact) mass is 243 g/mol. The summed E-state index contributed by atoms with van der Waals surface area (Å²) < 4.78 is 27.5. The number of nitrogens with two attached hydrogens (primary N) is 1. The van der Waals surface area contributed by atoms with Crippen LogP contribution >= 0.6 is 0 Å². The Balaban J connectivity index is 2.79. The van der Waals surface area contributed by atoms with Gasteiger partial charge < -0.3 is 4.74 Å². The van der Waals surface area contributed by atoms with E-state index in [9.17, 15) is 8.42 Å². The molecule has 1 aromatic carbocycles. The van der Waals surface area contributed by atoms with Crippen LogP contribution < -0.4 is 9.88 Å². The summed E-state index contributed by atoms with van der Waals surface area (Å²) in [5.41, 5.74) is 0.946. The molecule has 0 aliphatic rings. The molecule has 1 atom stereocenters. The minimum atomic E-state index is -3.46. The topological polar surface area (TPSA) is 69.4 Å². The molecule has 0 saturated carbocycles. The second-order valence-electron chi connectivity index (χ2n) is 3.67. The highest BCUT2D eigenvalue weighted by Gasteiger charge is 2.19. The van der Waals surface area contributed by atoms with Gasteiger partial charge in [0, 0.05) is 0 Å². The van der Waals surface area contributed by atoms with Gasteiger partial charge in [-0.3, -0.25) is 0 Å². The number of primary sulfonamides is 1. The van der Waals surface area contributed by atoms with Crippen molar-refractivity contribution in [3.05, 3.63) is 29.8 Å². The van der Waals surface area contributed by atoms with E-state index in [1.165, 1.54) is 0 Å². The Bertz CT molecular complexity index is 425. The van der Waals surface area contributed by atoms with Gasteiger partial charge in [0.1, 0.15) is 5.75 Å². The molecule has 4 nitrogen and oxygen atoms in total. The van der Waals surface area contributed by atoms with Gasteiger partial charge in [0.05, 0.1) is 12.4 Å². The van der Waals surface area contributed by atoms with Crippen LogP contribution in [-0.4, -0.2) is 20.8 Å². The van der Waals surface area contributed by atoms with E-state index in [0.29, 0.717) is 12.8 Å². The van der Waals surface area contributed by atoms with E-state index in [0.717, 1.165) is 11.3 Å². The number of rotatable bonds is 5. The van der Waals surface area contributed by atoms with Gasteiger partial charge >= 0.3 is 0 Å². The summed E-state index contributed by atoms with van der Waals surface area (Å²) in [6.07, 6.45) is 0.962. The molecule has 0 amide bonds. The van der Waals surface area contributed by atoms with Crippen molar-refractivity contribution >= 4 is 10.0 Å². The van der Waals surface area contributed by atoms with Crippen LogP contribution in [0.5, 0.6) is 5.75 Å². The first-order chi connectivity index (χ1) is 7.47. The van der Waals surface area contributed by atoms with E-state index < -0.39 is 15.3 Å². The van der Waals surface area contributed by atoms with Crippen LogP contribution in [0.4, 0.5) is 0 Å². The number of hydrogen-bond donors (Lipinski definition) is 1. The lowest BCUT2D eigenvalue weighted by Gasteiger charge is -2.12. The molecule has 2 N–H and O–H groups in total. The zero-order chi connectivity index (χ0) is 12.2. The molecule has 5 heteroatoms. The highest BCUT2D eigenvalue weighted by molar-refractivity contribution is 7.89. The van der Waals surface area contributed by atoms with Gasteiger partial charge in [0.2, 0.25) is 10.0 Å². The number of sulfonamides is 1. The summed E-state index contributed by atoms with van der Waals surface area (Å²) in [4.78, 5) is 0. The van der Waals surface area contributed by atoms with E-state index in [2.05, 4.69) is 0 Å². The zero-order valence-electron chi connectivity index (χ0n) is 9.51. The second kappa shape index (κ2) is 5.32. The van der Waals surface area contributed by atoms with Gasteiger partial charge in [-0.25, -0.2) is 13.6 Å². The summed E-state index contributed by atoms with van der Waals surface area (Å²) in [6.45, 7) is 1.82. The Kier molecular flexibility index (Phi) is 4.32. The number of hydrogen-bond acceptors (Lipinski definition) is 3. The van der Waals surface area contributed by atoms with Crippen LogP contribution in [0, 0.1) is 0 Å². The third kappa shape index (κ3) is 3.50. The van der Waals surface area contributed by atoms with Crippen molar-refractivity contribution in [3.8, 4) is 5.75 Å². The molecule has 0 aliphatic carbocycles. The molecular weight excluding hydrogens is 226 g/mol. The number of ether oxygens (including phenoxy) is 1. The largest absolute Gasteiger partial charge is 0.497 e. The molecule has 0 radical (unpaired) electrons. The SMILES string of the molecule is CCC(Cc1ccc(OC)cc1)S(N)(=O)=O. The van der Waals surface area contributed by atoms with E-state index >= 15 is 0 Å². The molecule has 0 heterocycles. The van der Waals surface area contributed by atoms with Crippen LogP contribution in [0.25, 0.3) is 0 Å². The maximum Gasteiger partial charge on any atom is 0.212 e. The van der Waals surface area contributed by atoms with Gasteiger partial charge in [-0.2, -0.15) is 0 Å². The van der Waals surface area contributed by atoms with E-state index in [1.807, 2.05) is 31.2 Å². The van der Waals surface area contributed by atoms with E-state index in [-0.39, 0.29) is 0 Å². The third-order valence-corrected chi connectivity index (χ3v) is 3.97. The summed E-state index contributed by atoms with van der Waals surface area (Å²) in [5, 5.41) is 4.63. The smallest absolute Gasteiger partial charge is 0.212 e. The molecule has 0 bridgehead atoms. The first kappa shape index (κ1) is 13.0. The lowest BCUT2D eigenvalue weighted by Crippen LogP contribution is -2.29. The molecule has 0 fully saturated rings. The summed E-state index contributed by atoms with van der Waals surface area (Å²) >= 11 is 0. The average molecular weight is 243 g/mol. The van der Waals surface area contributed by atoms with Crippen LogP contribution in [0.2, 0.25) is 0 Å². The van der Waals surface area contributed by atoms with Crippen molar-refractivity contribution in [2.24, 2.45) is 5.14 Å². The molecule has 90 valence electrons. The molecule has 16 heavy (non-hydrogen) atoms. The minimum absolute atomic E-state index is 0.444. The fourth-order valence-corrected chi connectivity index (χ4v) is 2.41. The highest BCUT2D eigenvalue weighted by atomic mass is 32.2. The maximum atomic E-state index is 11.2. The first-order valence-corrected chi connectivity index (χ1v) is 6.73. The van der Waals surface area contributed by atoms with Crippen molar-refractivity contribution in [1.82, 2.24) is 0 Å². The predicted molar refractivity (Wildman–Crippen MR) is 63.9 cm³/mol. The Morgan fingerprint density at radius 2 is 1.88 bits per heavy atom. The third-order valence-electron chi connectivity index (χ3n) is 2.54. The minimum Gasteiger partial charge on any atom is -0.497 e. The highest BCUT2D eigenvalue weighted by Crippen LogP contribution is 2.15. The Morgan fingerprint density at radius 3 is 2.25 bits per heavy atom. The van der Waals surface area contributed by atoms with E-state index in [1.54, 1.807) is 7.11 Å². The van der Waals surface area contributed by atoms with Crippen molar-refractivity contribution < 1.29 is 13.2 Å². The zero-order valence-corrected chi connectivity index (χ0v) is 10.3. The fourth-order valence-electron chi connectivity index (χ4n) is 1.52. The van der Waals surface area contributed by atoms with Crippen molar-refractivity contribution in [1.29, 1.82) is 0 Å². The molecule has 1 rings (SSSR count). The number of methoxy groups -OCH3 is 1. The molecule has 1 unspecified atom stereocenters. The quantitative estimate of drug-likeness (QED) is 0.847. The van der Waals surface area contributed by atoms with Crippen molar-refractivity contribution in [2.45, 2.75) is 25.0 Å². The Labute approximate surface area is 96.5 Å². The molecule has 0 saturated heterocycles. The van der Waals surface area contributed by atoms with Gasteiger partial charge in [-0.15, -0.1) is 0 Å². The Morgan fingerprint density at radius 1 is 1.31 bits per heavy atom. The second-order valence-corrected chi connectivity index (χ2v) is 5.52. The van der Waals surface area contributed by atoms with Crippen molar-refractivity contribution in [2.75, 3.05) is 7.11 Å². The molecule has 0 aliphatic heterocycles. The average Bonchev–Trinajstić information content (AvgIpc) is 2.25. The fraction of sp³-hybridized carbons (Fsp3) is 0.455. The van der Waals surface area contributed by atoms with Gasteiger partial charge in [0.15, 0.2) is 0 Å². The molecular formula is C11H17NO3S. The van der Waals surface area contributed by atoms with Crippen molar-refractivity contribution in [3.63, 3.8) is 0 Å². The molecule has 1 aromatic rings. The molecule has 0 spiro atoms. The van der Waals surface area contributed by atoms with Crippen LogP contribution in [0.15, 0.2) is 24.3 Å². The van der Waals surface area contributed by atoms with Gasteiger partial charge in [-0.05, 0) is 30.5 Å². The molecule has 0 aromatic heterocycles. The normalized spacial score (nSPS) is 13.4. The maximum absolute atomic E-state index is 11.2. The van der Waals surface area contributed by atoms with Gasteiger partial charge in [0.25, 0.3) is 0 Å². The summed E-state index contributed by atoms with van der Waals surface area (Å²) in [6, 6.07) is 7.33. The van der Waals surface area contributed by atoms with Crippen LogP contribution in [0.1, 0.15) is 18.9 Å². The van der Waals surface area contributed by atoms with Gasteiger partial charge in [-0.1, -0.05) is 19.1 Å². The van der Waals surface area contributed by atoms with Crippen LogP contribution in [-0.2, 0) is 16.4 Å². The lowest BCUT2D eigenvalue weighted by molar-refractivity contribution is 0.414. The Hall–Kier alpha value is -1.07. The lowest BCUT2D eigenvalue weighted by atomic mass is 10.1. The first-order valence-electron chi connectivity index (χ1n) is 5.12. The summed E-state index contributed by atoms with van der Waals surface area (Å²) in [5.74, 6) is 0.757. The number of benzene rings is 1. The summed E-state index contributed by atoms with van der Waals surface area (Å²) in [7, 11) is -1.87. The standard InChI is InChI=1S/C11H17NO3S/c1-3-11(16(12,13)14)8-9-4-6-10(15-2)7-5-9/h4-7,11H,3,8H2,1-2H3,(H2,12,13,14).